The zero-order valence-corrected chi connectivity index (χ0v) is 18.4. The second kappa shape index (κ2) is 11.2. The first-order valence-corrected chi connectivity index (χ1v) is 12.4. The van der Waals surface area contributed by atoms with Crippen molar-refractivity contribution < 1.29 is 30.1 Å². The van der Waals surface area contributed by atoms with Crippen LogP contribution in [-0.4, -0.2) is 42.6 Å². The number of aliphatic imine (C=N–C) groups is 2. The van der Waals surface area contributed by atoms with Crippen LogP contribution in [0.4, 0.5) is 0 Å². The van der Waals surface area contributed by atoms with Crippen LogP contribution in [0, 0.1) is 17.9 Å². The molecule has 2 atom stereocenters. The van der Waals surface area contributed by atoms with E-state index in [-0.39, 0.29) is 32.7 Å². The van der Waals surface area contributed by atoms with Crippen LogP contribution in [-0.2, 0) is 24.6 Å². The molecule has 0 spiro atoms. The second-order valence-corrected chi connectivity index (χ2v) is 9.16. The molecule has 0 radical (unpaired) electrons. The Balaban J connectivity index is 0.000000791. The van der Waals surface area contributed by atoms with Gasteiger partial charge in [0.1, 0.15) is 13.2 Å². The second-order valence-electron chi connectivity index (χ2n) is 6.67. The van der Waals surface area contributed by atoms with Crippen LogP contribution in [0.25, 0.3) is 0 Å². The molecular formula is C18H25Cl2N2O3Rh. The van der Waals surface area contributed by atoms with Crippen molar-refractivity contribution in [2.75, 3.05) is 13.2 Å². The van der Waals surface area contributed by atoms with Gasteiger partial charge in [0.05, 0.1) is 12.1 Å². The zero-order chi connectivity index (χ0) is 18.4. The van der Waals surface area contributed by atoms with Crippen LogP contribution in [0.5, 0.6) is 0 Å². The minimum atomic E-state index is -0.226. The third-order valence-electron chi connectivity index (χ3n) is 4.17. The van der Waals surface area contributed by atoms with Gasteiger partial charge in [-0.2, -0.15) is 18.2 Å². The number of benzene rings is 1. The average molecular weight is 491 g/mol. The van der Waals surface area contributed by atoms with Gasteiger partial charge in [0.2, 0.25) is 0 Å². The number of nitrogens with zero attached hydrogens (tertiary/aromatic N) is 2. The average Bonchev–Trinajstić information content (AvgIpc) is 3.26. The van der Waals surface area contributed by atoms with Gasteiger partial charge in [-0.25, -0.2) is 0 Å². The van der Waals surface area contributed by atoms with E-state index >= 15 is 0 Å². The molecule has 0 fully saturated rings. The number of halogens is 2. The molecule has 0 aliphatic carbocycles. The van der Waals surface area contributed by atoms with Gasteiger partial charge in [-0.15, -0.1) is 6.07 Å². The standard InChI is InChI=1S/C18H23N2O2.2ClH.H2O.Rh/c1-11(2)15-9-21-17(19-15)13-6-5-7-14(8-13)18-20-16(10-22-18)12(3)4;;;;/h6-8,11-12,15-16H,9-10H2,1-4H3;2*1H;1H2;/q-1;;;;+3/p-2/t15-,16-;;;;/m1..../s1. The van der Waals surface area contributed by atoms with Gasteiger partial charge in [-0.1, -0.05) is 38.8 Å². The molecule has 2 heterocycles. The molecule has 2 aliphatic rings. The molecule has 1 aromatic carbocycles. The van der Waals surface area contributed by atoms with E-state index in [4.69, 9.17) is 28.9 Å². The van der Waals surface area contributed by atoms with Gasteiger partial charge in [-0.05, 0) is 11.8 Å². The van der Waals surface area contributed by atoms with Gasteiger partial charge in [-0.3, -0.25) is 9.98 Å². The maximum atomic E-state index is 5.74. The summed E-state index contributed by atoms with van der Waals surface area (Å²) in [4.78, 5) is 9.32. The molecule has 3 rings (SSSR count). The SMILES string of the molecule is CC(C)[C@H]1COC(c2c[c-]cc(C3=N[C@@H](C(C)C)CO3)c2)=N1.O.[Cl][Rh+][Cl]. The Morgan fingerprint density at radius 1 is 0.962 bits per heavy atom. The summed E-state index contributed by atoms with van der Waals surface area (Å²) < 4.78 is 11.5. The Labute approximate surface area is 171 Å². The molecule has 0 bridgehead atoms. The van der Waals surface area contributed by atoms with Gasteiger partial charge < -0.3 is 14.9 Å². The van der Waals surface area contributed by atoms with Crippen LogP contribution in [0.1, 0.15) is 38.8 Å². The fourth-order valence-corrected chi connectivity index (χ4v) is 2.50. The Hall–Kier alpha value is -0.677. The predicted octanol–water partition coefficient (Wildman–Crippen LogP) is 3.64. The number of ether oxygens (including phenoxy) is 2. The Kier molecular flexibility index (Phi) is 10.1. The van der Waals surface area contributed by atoms with Crippen LogP contribution in [0.15, 0.2) is 28.2 Å². The van der Waals surface area contributed by atoms with E-state index in [1.807, 2.05) is 18.2 Å². The first kappa shape index (κ1) is 23.4. The van der Waals surface area contributed by atoms with E-state index in [1.165, 1.54) is 0 Å². The van der Waals surface area contributed by atoms with Crippen LogP contribution < -0.4 is 0 Å². The summed E-state index contributed by atoms with van der Waals surface area (Å²) in [5, 5.41) is 0. The van der Waals surface area contributed by atoms with E-state index in [0.29, 0.717) is 36.8 Å². The van der Waals surface area contributed by atoms with Crippen molar-refractivity contribution in [3.63, 3.8) is 0 Å². The molecule has 26 heavy (non-hydrogen) atoms. The van der Waals surface area contributed by atoms with Crippen molar-refractivity contribution in [2.45, 2.75) is 39.8 Å². The van der Waals surface area contributed by atoms with Crippen molar-refractivity contribution in [1.82, 2.24) is 0 Å². The first-order valence-electron chi connectivity index (χ1n) is 8.23. The van der Waals surface area contributed by atoms with Crippen molar-refractivity contribution in [3.05, 3.63) is 35.4 Å². The van der Waals surface area contributed by atoms with E-state index in [1.54, 1.807) is 0 Å². The summed E-state index contributed by atoms with van der Waals surface area (Å²) in [6, 6.07) is 9.46. The van der Waals surface area contributed by atoms with E-state index < -0.39 is 0 Å². The molecule has 148 valence electrons. The van der Waals surface area contributed by atoms with E-state index in [2.05, 4.69) is 43.7 Å². The maximum absolute atomic E-state index is 5.74. The summed E-state index contributed by atoms with van der Waals surface area (Å²) >= 11 is -0.226. The van der Waals surface area contributed by atoms with Crippen LogP contribution >= 0.6 is 19.4 Å². The predicted molar refractivity (Wildman–Crippen MR) is 103 cm³/mol. The molecule has 0 unspecified atom stereocenters. The number of rotatable bonds is 4. The summed E-state index contributed by atoms with van der Waals surface area (Å²) in [5.74, 6) is 2.38. The zero-order valence-electron chi connectivity index (χ0n) is 15.3. The molecule has 0 amide bonds. The summed E-state index contributed by atoms with van der Waals surface area (Å²) in [7, 11) is 9.67. The molecule has 0 aromatic heterocycles. The molecule has 2 aliphatic heterocycles. The monoisotopic (exact) mass is 490 g/mol. The molecule has 0 saturated carbocycles. The Morgan fingerprint density at radius 3 is 1.65 bits per heavy atom. The van der Waals surface area contributed by atoms with E-state index in [0.717, 1.165) is 11.1 Å². The Bertz CT molecular complexity index is 589. The molecular weight excluding hydrogens is 466 g/mol. The van der Waals surface area contributed by atoms with Crippen molar-refractivity contribution >= 4 is 31.2 Å². The topological polar surface area (TPSA) is 74.7 Å². The molecule has 0 saturated heterocycles. The number of hydrogen-bond donors (Lipinski definition) is 0. The van der Waals surface area contributed by atoms with Crippen molar-refractivity contribution in [2.24, 2.45) is 21.8 Å². The van der Waals surface area contributed by atoms with Crippen molar-refractivity contribution in [1.29, 1.82) is 0 Å². The Morgan fingerprint density at radius 2 is 1.35 bits per heavy atom. The van der Waals surface area contributed by atoms with Gasteiger partial charge in [0.25, 0.3) is 0 Å². The van der Waals surface area contributed by atoms with Crippen molar-refractivity contribution in [3.8, 4) is 0 Å². The van der Waals surface area contributed by atoms with E-state index in [9.17, 15) is 0 Å². The normalized spacial score (nSPS) is 21.4. The molecule has 5 nitrogen and oxygen atoms in total. The van der Waals surface area contributed by atoms with Crippen LogP contribution in [0.2, 0.25) is 0 Å². The quantitative estimate of drug-likeness (QED) is 0.477. The summed E-state index contributed by atoms with van der Waals surface area (Å²) in [6.07, 6.45) is 0. The van der Waals surface area contributed by atoms with Gasteiger partial charge in [0, 0.05) is 0 Å². The third kappa shape index (κ3) is 6.19. The molecule has 1 aromatic rings. The molecule has 2 N–H and O–H groups in total. The number of hydrogen-bond acceptors (Lipinski definition) is 4. The van der Waals surface area contributed by atoms with Crippen LogP contribution in [0.3, 0.4) is 0 Å². The summed E-state index contributed by atoms with van der Waals surface area (Å²) in [5.41, 5.74) is 1.89. The van der Waals surface area contributed by atoms with Gasteiger partial charge >= 0.3 is 34.5 Å². The molecule has 8 heteroatoms. The fourth-order valence-electron chi connectivity index (χ4n) is 2.50. The minimum absolute atomic E-state index is 0. The van der Waals surface area contributed by atoms with Gasteiger partial charge in [0.15, 0.2) is 11.8 Å². The fraction of sp³-hybridized carbons (Fsp3) is 0.556. The third-order valence-corrected chi connectivity index (χ3v) is 4.17. The summed E-state index contributed by atoms with van der Waals surface area (Å²) in [6.45, 7) is 9.97. The first-order chi connectivity index (χ1) is 12.0.